The molecule has 10 heteroatoms. The summed E-state index contributed by atoms with van der Waals surface area (Å²) in [6.07, 6.45) is 0. The predicted molar refractivity (Wildman–Crippen MR) is 117 cm³/mol. The van der Waals surface area contributed by atoms with E-state index < -0.39 is 21.7 Å². The van der Waals surface area contributed by atoms with Crippen molar-refractivity contribution in [2.45, 2.75) is 11.8 Å². The molecular weight excluding hydrogens is 445 g/mol. The zero-order valence-electron chi connectivity index (χ0n) is 16.1. The molecule has 0 atom stereocenters. The largest absolute Gasteiger partial charge is 0.326 e. The van der Waals surface area contributed by atoms with Crippen molar-refractivity contribution in [3.05, 3.63) is 83.1 Å². The number of hydrogen-bond acceptors (Lipinski definition) is 4. The van der Waals surface area contributed by atoms with Gasteiger partial charge in [0.15, 0.2) is 0 Å². The highest BCUT2D eigenvalue weighted by Crippen LogP contribution is 2.26. The summed E-state index contributed by atoms with van der Waals surface area (Å²) in [6, 6.07) is 15.0. The molecule has 0 heterocycles. The first-order valence-electron chi connectivity index (χ1n) is 8.91. The molecule has 3 rings (SSSR count). The Morgan fingerprint density at radius 1 is 0.871 bits per heavy atom. The average Bonchev–Trinajstić information content (AvgIpc) is 2.69. The van der Waals surface area contributed by atoms with E-state index in [4.69, 9.17) is 11.6 Å². The highest BCUT2D eigenvalue weighted by Gasteiger charge is 2.20. The summed E-state index contributed by atoms with van der Waals surface area (Å²) in [4.78, 5) is 23.5. The minimum Gasteiger partial charge on any atom is -0.326 e. The number of nitrogens with one attached hydrogen (secondary N) is 3. The summed E-state index contributed by atoms with van der Waals surface area (Å²) in [5.74, 6) is -1.35. The van der Waals surface area contributed by atoms with Crippen molar-refractivity contribution in [1.29, 1.82) is 0 Å². The number of halogens is 2. The van der Waals surface area contributed by atoms with E-state index in [-0.39, 0.29) is 27.1 Å². The van der Waals surface area contributed by atoms with Crippen LogP contribution in [0.3, 0.4) is 0 Å². The van der Waals surface area contributed by atoms with Crippen molar-refractivity contribution in [3.63, 3.8) is 0 Å². The molecule has 2 amide bonds. The molecule has 0 spiro atoms. The van der Waals surface area contributed by atoms with Crippen LogP contribution in [0.5, 0.6) is 0 Å². The van der Waals surface area contributed by atoms with Crippen molar-refractivity contribution in [2.75, 3.05) is 15.4 Å². The number of hydrogen-bond donors (Lipinski definition) is 3. The minimum absolute atomic E-state index is 0.0498. The quantitative estimate of drug-likeness (QED) is 0.503. The zero-order valence-corrected chi connectivity index (χ0v) is 17.7. The van der Waals surface area contributed by atoms with E-state index in [0.717, 1.165) is 18.2 Å². The number of benzene rings is 3. The molecule has 7 nitrogen and oxygen atoms in total. The summed E-state index contributed by atoms with van der Waals surface area (Å²) in [5.41, 5.74) is 1.09. The van der Waals surface area contributed by atoms with Crippen LogP contribution in [-0.4, -0.2) is 20.2 Å². The van der Waals surface area contributed by atoms with E-state index in [1.54, 1.807) is 24.3 Å². The topological polar surface area (TPSA) is 104 Å². The fourth-order valence-corrected chi connectivity index (χ4v) is 4.25. The van der Waals surface area contributed by atoms with E-state index in [9.17, 15) is 22.4 Å². The van der Waals surface area contributed by atoms with Gasteiger partial charge >= 0.3 is 0 Å². The summed E-state index contributed by atoms with van der Waals surface area (Å²) in [5, 5.41) is 5.15. The highest BCUT2D eigenvalue weighted by atomic mass is 35.5. The Hall–Kier alpha value is -3.43. The van der Waals surface area contributed by atoms with Crippen LogP contribution in [0.25, 0.3) is 0 Å². The second kappa shape index (κ2) is 9.15. The smallest absolute Gasteiger partial charge is 0.263 e. The fraction of sp³-hybridized carbons (Fsp3) is 0.0476. The van der Waals surface area contributed by atoms with Gasteiger partial charge < -0.3 is 10.6 Å². The highest BCUT2D eigenvalue weighted by molar-refractivity contribution is 7.92. The van der Waals surface area contributed by atoms with Crippen molar-refractivity contribution >= 4 is 50.5 Å². The third-order valence-electron chi connectivity index (χ3n) is 4.02. The van der Waals surface area contributed by atoms with Crippen molar-refractivity contribution in [2.24, 2.45) is 0 Å². The summed E-state index contributed by atoms with van der Waals surface area (Å²) in [7, 11) is -4.14. The van der Waals surface area contributed by atoms with Crippen LogP contribution < -0.4 is 15.4 Å². The standard InChI is InChI=1S/C21H17ClFN3O4S/c1-13(27)24-17-3-2-4-18(12-17)25-21(28)14-5-10-19(22)20(11-14)31(29,30)26-16-8-6-15(23)7-9-16/h2-12,26H,1H3,(H,24,27)(H,25,28). The summed E-state index contributed by atoms with van der Waals surface area (Å²) < 4.78 is 40.8. The van der Waals surface area contributed by atoms with E-state index >= 15 is 0 Å². The van der Waals surface area contributed by atoms with Crippen LogP contribution in [0.4, 0.5) is 21.5 Å². The Bertz CT molecular complexity index is 1250. The van der Waals surface area contributed by atoms with Crippen LogP contribution in [0.15, 0.2) is 71.6 Å². The van der Waals surface area contributed by atoms with Crippen LogP contribution in [0.2, 0.25) is 5.02 Å². The van der Waals surface area contributed by atoms with Gasteiger partial charge in [0.2, 0.25) is 5.91 Å². The van der Waals surface area contributed by atoms with Gasteiger partial charge in [-0.25, -0.2) is 12.8 Å². The molecule has 0 aliphatic heterocycles. The number of sulfonamides is 1. The Kier molecular flexibility index (Phi) is 6.57. The first kappa shape index (κ1) is 22.3. The van der Waals surface area contributed by atoms with Crippen LogP contribution in [0.1, 0.15) is 17.3 Å². The molecule has 0 saturated heterocycles. The number of carbonyl (C=O) groups is 2. The minimum atomic E-state index is -4.14. The lowest BCUT2D eigenvalue weighted by Crippen LogP contribution is -2.16. The van der Waals surface area contributed by atoms with Gasteiger partial charge in [0.1, 0.15) is 10.7 Å². The second-order valence-corrected chi connectivity index (χ2v) is 8.53. The average molecular weight is 462 g/mol. The van der Waals surface area contributed by atoms with Crippen molar-refractivity contribution < 1.29 is 22.4 Å². The van der Waals surface area contributed by atoms with Gasteiger partial charge in [-0.3, -0.25) is 14.3 Å². The normalized spacial score (nSPS) is 10.9. The third-order valence-corrected chi connectivity index (χ3v) is 5.88. The van der Waals surface area contributed by atoms with Crippen molar-refractivity contribution in [1.82, 2.24) is 0 Å². The fourth-order valence-electron chi connectivity index (χ4n) is 2.66. The molecule has 160 valence electrons. The molecule has 0 bridgehead atoms. The van der Waals surface area contributed by atoms with E-state index in [2.05, 4.69) is 15.4 Å². The lowest BCUT2D eigenvalue weighted by molar-refractivity contribution is -0.114. The van der Waals surface area contributed by atoms with Gasteiger partial charge in [-0.05, 0) is 60.7 Å². The SMILES string of the molecule is CC(=O)Nc1cccc(NC(=O)c2ccc(Cl)c(S(=O)(=O)Nc3ccc(F)cc3)c2)c1. The van der Waals surface area contributed by atoms with Gasteiger partial charge in [0, 0.05) is 29.5 Å². The molecule has 0 aliphatic carbocycles. The second-order valence-electron chi connectivity index (χ2n) is 6.47. The number of rotatable bonds is 6. The monoisotopic (exact) mass is 461 g/mol. The molecule has 31 heavy (non-hydrogen) atoms. The summed E-state index contributed by atoms with van der Waals surface area (Å²) >= 11 is 6.06. The van der Waals surface area contributed by atoms with Crippen molar-refractivity contribution in [3.8, 4) is 0 Å². The van der Waals surface area contributed by atoms with Gasteiger partial charge in [0.05, 0.1) is 5.02 Å². The molecule has 0 aliphatic rings. The number of amides is 2. The molecular formula is C21H17ClFN3O4S. The molecule has 0 aromatic heterocycles. The van der Waals surface area contributed by atoms with E-state index in [1.807, 2.05) is 0 Å². The lowest BCUT2D eigenvalue weighted by Gasteiger charge is -2.12. The number of carbonyl (C=O) groups excluding carboxylic acids is 2. The molecule has 0 unspecified atom stereocenters. The maximum absolute atomic E-state index is 13.1. The summed E-state index contributed by atoms with van der Waals surface area (Å²) in [6.45, 7) is 1.36. The molecule has 3 N–H and O–H groups in total. The van der Waals surface area contributed by atoms with Gasteiger partial charge in [-0.15, -0.1) is 0 Å². The van der Waals surface area contributed by atoms with Crippen LogP contribution >= 0.6 is 11.6 Å². The van der Waals surface area contributed by atoms with E-state index in [1.165, 1.54) is 31.2 Å². The Balaban J connectivity index is 1.84. The molecule has 3 aromatic carbocycles. The molecule has 3 aromatic rings. The van der Waals surface area contributed by atoms with E-state index in [0.29, 0.717) is 11.4 Å². The van der Waals surface area contributed by atoms with Crippen LogP contribution in [0, 0.1) is 5.82 Å². The molecule has 0 fully saturated rings. The first-order chi connectivity index (χ1) is 14.6. The molecule has 0 saturated carbocycles. The zero-order chi connectivity index (χ0) is 22.6. The molecule has 0 radical (unpaired) electrons. The van der Waals surface area contributed by atoms with Gasteiger partial charge in [0.25, 0.3) is 15.9 Å². The Morgan fingerprint density at radius 3 is 2.16 bits per heavy atom. The predicted octanol–water partition coefficient (Wildman–Crippen LogP) is 4.49. The number of anilines is 3. The Morgan fingerprint density at radius 2 is 1.52 bits per heavy atom. The Labute approximate surface area is 183 Å². The maximum atomic E-state index is 13.1. The third kappa shape index (κ3) is 5.80. The van der Waals surface area contributed by atoms with Gasteiger partial charge in [-0.2, -0.15) is 0 Å². The maximum Gasteiger partial charge on any atom is 0.263 e. The lowest BCUT2D eigenvalue weighted by atomic mass is 10.2. The van der Waals surface area contributed by atoms with Gasteiger partial charge in [-0.1, -0.05) is 17.7 Å². The van der Waals surface area contributed by atoms with Crippen LogP contribution in [-0.2, 0) is 14.8 Å². The first-order valence-corrected chi connectivity index (χ1v) is 10.8.